The Bertz CT molecular complexity index is 576. The Hall–Kier alpha value is -1.20. The number of hydrogen-bond acceptors (Lipinski definition) is 4. The molecule has 1 N–H and O–H groups in total. The number of halogens is 2. The minimum absolute atomic E-state index is 0.549. The second kappa shape index (κ2) is 8.29. The van der Waals surface area contributed by atoms with E-state index in [2.05, 4.69) is 15.3 Å². The summed E-state index contributed by atoms with van der Waals surface area (Å²) in [5, 5.41) is 4.35. The summed E-state index contributed by atoms with van der Waals surface area (Å²) < 4.78 is 4.97. The molecule has 0 radical (unpaired) electrons. The van der Waals surface area contributed by atoms with Crippen molar-refractivity contribution in [1.29, 1.82) is 0 Å². The van der Waals surface area contributed by atoms with Crippen molar-refractivity contribution in [1.82, 2.24) is 15.3 Å². The molecule has 0 atom stereocenters. The lowest BCUT2D eigenvalue weighted by atomic mass is 10.1. The van der Waals surface area contributed by atoms with E-state index in [4.69, 9.17) is 27.9 Å². The molecule has 112 valence electrons. The maximum Gasteiger partial charge on any atom is 0.132 e. The first kappa shape index (κ1) is 16.2. The van der Waals surface area contributed by atoms with Crippen molar-refractivity contribution in [2.24, 2.45) is 0 Å². The van der Waals surface area contributed by atoms with E-state index in [-0.39, 0.29) is 0 Å². The number of nitrogens with one attached hydrogen (secondary N) is 1. The Kier molecular flexibility index (Phi) is 6.39. The maximum absolute atomic E-state index is 6.00. The summed E-state index contributed by atoms with van der Waals surface area (Å²) in [6.45, 7) is 2.23. The number of methoxy groups -OCH3 is 1. The molecule has 1 aromatic heterocycles. The van der Waals surface area contributed by atoms with Gasteiger partial charge >= 0.3 is 0 Å². The fourth-order valence-electron chi connectivity index (χ4n) is 1.80. The van der Waals surface area contributed by atoms with Crippen LogP contribution in [-0.2, 0) is 17.7 Å². The van der Waals surface area contributed by atoms with Crippen molar-refractivity contribution in [3.8, 4) is 0 Å². The third-order valence-electron chi connectivity index (χ3n) is 2.92. The molecule has 1 heterocycles. The Morgan fingerprint density at radius 2 is 1.86 bits per heavy atom. The molecule has 0 spiro atoms. The predicted octanol–water partition coefficient (Wildman–Crippen LogP) is 3.11. The summed E-state index contributed by atoms with van der Waals surface area (Å²) in [6, 6.07) is 5.55. The van der Waals surface area contributed by atoms with Crippen molar-refractivity contribution in [3.05, 3.63) is 57.6 Å². The topological polar surface area (TPSA) is 47.0 Å². The fourth-order valence-corrected chi connectivity index (χ4v) is 2.12. The highest BCUT2D eigenvalue weighted by atomic mass is 35.5. The standard InChI is InChI=1S/C15H17Cl2N3O/c1-21-5-4-18-8-12-9-19-15(20-10-12)7-11-2-3-13(16)14(17)6-11/h2-3,6,9-10,18H,4-5,7-8H2,1H3. The number of aromatic nitrogens is 2. The summed E-state index contributed by atoms with van der Waals surface area (Å²) >= 11 is 11.9. The Morgan fingerprint density at radius 3 is 2.52 bits per heavy atom. The van der Waals surface area contributed by atoms with Crippen LogP contribution in [0.3, 0.4) is 0 Å². The van der Waals surface area contributed by atoms with Crippen molar-refractivity contribution in [2.75, 3.05) is 20.3 Å². The molecule has 6 heteroatoms. The van der Waals surface area contributed by atoms with E-state index in [1.54, 1.807) is 13.2 Å². The third-order valence-corrected chi connectivity index (χ3v) is 3.66. The lowest BCUT2D eigenvalue weighted by Gasteiger charge is -2.05. The quantitative estimate of drug-likeness (QED) is 0.794. The molecular formula is C15H17Cl2N3O. The Balaban J connectivity index is 1.91. The van der Waals surface area contributed by atoms with Gasteiger partial charge in [-0.15, -0.1) is 0 Å². The Labute approximate surface area is 134 Å². The molecule has 0 aliphatic heterocycles. The molecule has 0 aliphatic rings. The van der Waals surface area contributed by atoms with Gasteiger partial charge in [0.15, 0.2) is 0 Å². The molecule has 2 rings (SSSR count). The van der Waals surface area contributed by atoms with Gasteiger partial charge in [0.05, 0.1) is 16.7 Å². The van der Waals surface area contributed by atoms with Gasteiger partial charge in [0.1, 0.15) is 5.82 Å². The van der Waals surface area contributed by atoms with Gasteiger partial charge in [-0.25, -0.2) is 9.97 Å². The van der Waals surface area contributed by atoms with Crippen LogP contribution in [0.4, 0.5) is 0 Å². The SMILES string of the molecule is COCCNCc1cnc(Cc2ccc(Cl)c(Cl)c2)nc1. The van der Waals surface area contributed by atoms with Crippen LogP contribution in [0.25, 0.3) is 0 Å². The van der Waals surface area contributed by atoms with Crippen molar-refractivity contribution < 1.29 is 4.74 Å². The number of rotatable bonds is 7. The molecule has 0 amide bonds. The van der Waals surface area contributed by atoms with Gasteiger partial charge in [0.25, 0.3) is 0 Å². The molecule has 0 bridgehead atoms. The lowest BCUT2D eigenvalue weighted by Crippen LogP contribution is -2.18. The average Bonchev–Trinajstić information content (AvgIpc) is 2.49. The highest BCUT2D eigenvalue weighted by Crippen LogP contribution is 2.23. The minimum atomic E-state index is 0.549. The first-order valence-corrected chi connectivity index (χ1v) is 7.38. The minimum Gasteiger partial charge on any atom is -0.383 e. The van der Waals surface area contributed by atoms with E-state index in [1.165, 1.54) is 0 Å². The van der Waals surface area contributed by atoms with E-state index in [1.807, 2.05) is 24.5 Å². The summed E-state index contributed by atoms with van der Waals surface area (Å²) in [5.41, 5.74) is 2.08. The van der Waals surface area contributed by atoms with Gasteiger partial charge in [-0.05, 0) is 17.7 Å². The molecule has 0 saturated heterocycles. The Morgan fingerprint density at radius 1 is 1.10 bits per heavy atom. The van der Waals surface area contributed by atoms with Crippen LogP contribution in [0.1, 0.15) is 17.0 Å². The average molecular weight is 326 g/mol. The van der Waals surface area contributed by atoms with E-state index in [0.29, 0.717) is 23.1 Å². The predicted molar refractivity (Wildman–Crippen MR) is 84.9 cm³/mol. The zero-order valence-electron chi connectivity index (χ0n) is 11.8. The van der Waals surface area contributed by atoms with Gasteiger partial charge < -0.3 is 10.1 Å². The summed E-state index contributed by atoms with van der Waals surface area (Å²) in [6.07, 6.45) is 4.30. The van der Waals surface area contributed by atoms with E-state index < -0.39 is 0 Å². The zero-order chi connectivity index (χ0) is 15.1. The van der Waals surface area contributed by atoms with E-state index >= 15 is 0 Å². The van der Waals surface area contributed by atoms with Crippen molar-refractivity contribution in [2.45, 2.75) is 13.0 Å². The van der Waals surface area contributed by atoms with Crippen molar-refractivity contribution in [3.63, 3.8) is 0 Å². The molecule has 0 unspecified atom stereocenters. The highest BCUT2D eigenvalue weighted by Gasteiger charge is 2.03. The van der Waals surface area contributed by atoms with E-state index in [9.17, 15) is 0 Å². The monoisotopic (exact) mass is 325 g/mol. The van der Waals surface area contributed by atoms with Crippen LogP contribution >= 0.6 is 23.2 Å². The number of benzene rings is 1. The number of hydrogen-bond donors (Lipinski definition) is 1. The molecule has 4 nitrogen and oxygen atoms in total. The summed E-state index contributed by atoms with van der Waals surface area (Å²) in [4.78, 5) is 8.73. The van der Waals surface area contributed by atoms with Crippen LogP contribution in [0.15, 0.2) is 30.6 Å². The number of ether oxygens (including phenoxy) is 1. The molecule has 2 aromatic rings. The lowest BCUT2D eigenvalue weighted by molar-refractivity contribution is 0.199. The van der Waals surface area contributed by atoms with Crippen LogP contribution in [0, 0.1) is 0 Å². The second-order valence-electron chi connectivity index (χ2n) is 4.60. The largest absolute Gasteiger partial charge is 0.383 e. The van der Waals surface area contributed by atoms with E-state index in [0.717, 1.165) is 30.0 Å². The van der Waals surface area contributed by atoms with Crippen LogP contribution < -0.4 is 5.32 Å². The third kappa shape index (κ3) is 5.25. The van der Waals surface area contributed by atoms with Crippen LogP contribution in [0.2, 0.25) is 10.0 Å². The normalized spacial score (nSPS) is 10.8. The summed E-state index contributed by atoms with van der Waals surface area (Å²) in [7, 11) is 1.68. The first-order valence-electron chi connectivity index (χ1n) is 6.62. The molecule has 0 fully saturated rings. The van der Waals surface area contributed by atoms with Gasteiger partial charge in [-0.2, -0.15) is 0 Å². The summed E-state index contributed by atoms with van der Waals surface area (Å²) in [5.74, 6) is 0.758. The first-order chi connectivity index (χ1) is 10.2. The second-order valence-corrected chi connectivity index (χ2v) is 5.42. The van der Waals surface area contributed by atoms with Gasteiger partial charge in [0.2, 0.25) is 0 Å². The molecule has 0 aliphatic carbocycles. The van der Waals surface area contributed by atoms with Crippen molar-refractivity contribution >= 4 is 23.2 Å². The van der Waals surface area contributed by atoms with Gasteiger partial charge in [-0.1, -0.05) is 29.3 Å². The highest BCUT2D eigenvalue weighted by molar-refractivity contribution is 6.42. The van der Waals surface area contributed by atoms with Crippen LogP contribution in [0.5, 0.6) is 0 Å². The van der Waals surface area contributed by atoms with Crippen LogP contribution in [-0.4, -0.2) is 30.2 Å². The smallest absolute Gasteiger partial charge is 0.132 e. The molecular weight excluding hydrogens is 309 g/mol. The fraction of sp³-hybridized carbons (Fsp3) is 0.333. The molecule has 21 heavy (non-hydrogen) atoms. The van der Waals surface area contributed by atoms with Gasteiger partial charge in [0, 0.05) is 44.6 Å². The van der Waals surface area contributed by atoms with Gasteiger partial charge in [-0.3, -0.25) is 0 Å². The molecule has 1 aromatic carbocycles. The zero-order valence-corrected chi connectivity index (χ0v) is 13.3. The number of nitrogens with zero attached hydrogens (tertiary/aromatic N) is 2. The maximum atomic E-state index is 6.00. The molecule has 0 saturated carbocycles.